The summed E-state index contributed by atoms with van der Waals surface area (Å²) in [5.74, 6) is 0.166. The molecule has 0 aliphatic rings. The van der Waals surface area contributed by atoms with Gasteiger partial charge in [0.2, 0.25) is 0 Å². The monoisotopic (exact) mass is 301 g/mol. The Morgan fingerprint density at radius 3 is 2.64 bits per heavy atom. The van der Waals surface area contributed by atoms with Gasteiger partial charge in [0.25, 0.3) is 5.91 Å². The van der Waals surface area contributed by atoms with Crippen molar-refractivity contribution >= 4 is 5.91 Å². The SMILES string of the molecule is COc1ccc(C)cc1CCNC(=O)c1ccc(C)c(F)c1. The van der Waals surface area contributed by atoms with Crippen LogP contribution in [0.3, 0.4) is 0 Å². The fourth-order valence-corrected chi connectivity index (χ4v) is 2.25. The van der Waals surface area contributed by atoms with Crippen LogP contribution in [0.1, 0.15) is 27.0 Å². The third-order valence-corrected chi connectivity index (χ3v) is 3.55. The predicted octanol–water partition coefficient (Wildman–Crippen LogP) is 3.42. The topological polar surface area (TPSA) is 38.3 Å². The smallest absolute Gasteiger partial charge is 0.251 e. The first-order chi connectivity index (χ1) is 10.5. The molecule has 1 N–H and O–H groups in total. The van der Waals surface area contributed by atoms with Crippen LogP contribution < -0.4 is 10.1 Å². The summed E-state index contributed by atoms with van der Waals surface area (Å²) in [4.78, 5) is 12.0. The van der Waals surface area contributed by atoms with Crippen LogP contribution >= 0.6 is 0 Å². The highest BCUT2D eigenvalue weighted by molar-refractivity contribution is 5.94. The highest BCUT2D eigenvalue weighted by atomic mass is 19.1. The van der Waals surface area contributed by atoms with Crippen LogP contribution in [0.2, 0.25) is 0 Å². The van der Waals surface area contributed by atoms with Gasteiger partial charge in [0, 0.05) is 12.1 Å². The number of rotatable bonds is 5. The third kappa shape index (κ3) is 3.85. The standard InChI is InChI=1S/C18H20FNO2/c1-12-4-7-17(22-3)14(10-12)8-9-20-18(21)15-6-5-13(2)16(19)11-15/h4-7,10-11H,8-9H2,1-3H3,(H,20,21). The molecule has 0 aliphatic heterocycles. The molecule has 0 radical (unpaired) electrons. The highest BCUT2D eigenvalue weighted by Gasteiger charge is 2.09. The Hall–Kier alpha value is -2.36. The lowest BCUT2D eigenvalue weighted by atomic mass is 10.1. The Bertz CT molecular complexity index is 683. The number of carbonyl (C=O) groups is 1. The molecule has 0 unspecified atom stereocenters. The van der Waals surface area contributed by atoms with Gasteiger partial charge in [-0.1, -0.05) is 23.8 Å². The van der Waals surface area contributed by atoms with E-state index in [4.69, 9.17) is 4.74 Å². The van der Waals surface area contributed by atoms with Crippen LogP contribution in [0, 0.1) is 19.7 Å². The Balaban J connectivity index is 1.97. The zero-order valence-electron chi connectivity index (χ0n) is 13.1. The maximum atomic E-state index is 13.5. The van der Waals surface area contributed by atoms with E-state index in [0.29, 0.717) is 24.1 Å². The molecule has 0 aromatic heterocycles. The summed E-state index contributed by atoms with van der Waals surface area (Å²) < 4.78 is 18.8. The molecule has 2 aromatic rings. The van der Waals surface area contributed by atoms with E-state index in [1.54, 1.807) is 26.2 Å². The maximum absolute atomic E-state index is 13.5. The maximum Gasteiger partial charge on any atom is 0.251 e. The number of nitrogens with one attached hydrogen (secondary N) is 1. The van der Waals surface area contributed by atoms with E-state index in [1.807, 2.05) is 25.1 Å². The van der Waals surface area contributed by atoms with Gasteiger partial charge in [0.1, 0.15) is 11.6 Å². The number of ether oxygens (including phenoxy) is 1. The molecular weight excluding hydrogens is 281 g/mol. The van der Waals surface area contributed by atoms with Crippen LogP contribution in [0.5, 0.6) is 5.75 Å². The molecular formula is C18H20FNO2. The number of hydrogen-bond acceptors (Lipinski definition) is 2. The molecule has 3 nitrogen and oxygen atoms in total. The van der Waals surface area contributed by atoms with E-state index in [-0.39, 0.29) is 11.7 Å². The number of carbonyl (C=O) groups excluding carboxylic acids is 1. The van der Waals surface area contributed by atoms with Crippen molar-refractivity contribution in [3.63, 3.8) is 0 Å². The van der Waals surface area contributed by atoms with Crippen LogP contribution in [-0.2, 0) is 6.42 Å². The van der Waals surface area contributed by atoms with Crippen LogP contribution in [0.4, 0.5) is 4.39 Å². The molecule has 0 spiro atoms. The third-order valence-electron chi connectivity index (χ3n) is 3.55. The van der Waals surface area contributed by atoms with Crippen molar-refractivity contribution in [2.75, 3.05) is 13.7 Å². The van der Waals surface area contributed by atoms with Crippen molar-refractivity contribution in [3.05, 3.63) is 64.5 Å². The van der Waals surface area contributed by atoms with Gasteiger partial charge in [0.05, 0.1) is 7.11 Å². The lowest BCUT2D eigenvalue weighted by Gasteiger charge is -2.10. The van der Waals surface area contributed by atoms with Gasteiger partial charge < -0.3 is 10.1 Å². The second kappa shape index (κ2) is 7.07. The van der Waals surface area contributed by atoms with Gasteiger partial charge in [0.15, 0.2) is 0 Å². The molecule has 0 bridgehead atoms. The zero-order chi connectivity index (χ0) is 16.1. The first-order valence-electron chi connectivity index (χ1n) is 7.19. The predicted molar refractivity (Wildman–Crippen MR) is 84.9 cm³/mol. The summed E-state index contributed by atoms with van der Waals surface area (Å²) in [7, 11) is 1.63. The minimum Gasteiger partial charge on any atom is -0.496 e. The number of aryl methyl sites for hydroxylation is 2. The number of amides is 1. The lowest BCUT2D eigenvalue weighted by Crippen LogP contribution is -2.26. The van der Waals surface area contributed by atoms with E-state index < -0.39 is 0 Å². The van der Waals surface area contributed by atoms with Crippen molar-refractivity contribution in [3.8, 4) is 5.75 Å². The van der Waals surface area contributed by atoms with Crippen LogP contribution in [0.25, 0.3) is 0 Å². The molecule has 1 amide bonds. The normalized spacial score (nSPS) is 10.4. The van der Waals surface area contributed by atoms with Gasteiger partial charge in [-0.25, -0.2) is 4.39 Å². The van der Waals surface area contributed by atoms with Gasteiger partial charge in [-0.2, -0.15) is 0 Å². The van der Waals surface area contributed by atoms with Gasteiger partial charge in [-0.05, 0) is 49.6 Å². The van der Waals surface area contributed by atoms with E-state index in [1.165, 1.54) is 6.07 Å². The summed E-state index contributed by atoms with van der Waals surface area (Å²) >= 11 is 0. The summed E-state index contributed by atoms with van der Waals surface area (Å²) in [6.45, 7) is 4.14. The number of methoxy groups -OCH3 is 1. The Labute approximate surface area is 130 Å². The van der Waals surface area contributed by atoms with Crippen LogP contribution in [-0.4, -0.2) is 19.6 Å². The summed E-state index contributed by atoms with van der Waals surface area (Å²) in [5, 5.41) is 2.80. The van der Waals surface area contributed by atoms with E-state index in [9.17, 15) is 9.18 Å². The van der Waals surface area contributed by atoms with Gasteiger partial charge >= 0.3 is 0 Å². The quantitative estimate of drug-likeness (QED) is 0.919. The first-order valence-corrected chi connectivity index (χ1v) is 7.19. The molecule has 0 saturated heterocycles. The largest absolute Gasteiger partial charge is 0.496 e. The van der Waals surface area contributed by atoms with Crippen molar-refractivity contribution in [2.24, 2.45) is 0 Å². The number of benzene rings is 2. The molecule has 0 fully saturated rings. The average Bonchev–Trinajstić information content (AvgIpc) is 2.50. The Morgan fingerprint density at radius 1 is 1.18 bits per heavy atom. The van der Waals surface area contributed by atoms with E-state index >= 15 is 0 Å². The minimum absolute atomic E-state index is 0.273. The number of hydrogen-bond donors (Lipinski definition) is 1. The fraction of sp³-hybridized carbons (Fsp3) is 0.278. The van der Waals surface area contributed by atoms with Gasteiger partial charge in [-0.15, -0.1) is 0 Å². The summed E-state index contributed by atoms with van der Waals surface area (Å²) in [6, 6.07) is 10.4. The minimum atomic E-state index is -0.368. The molecule has 116 valence electrons. The molecule has 22 heavy (non-hydrogen) atoms. The molecule has 0 heterocycles. The van der Waals surface area contributed by atoms with Crippen molar-refractivity contribution in [2.45, 2.75) is 20.3 Å². The van der Waals surface area contributed by atoms with E-state index in [0.717, 1.165) is 16.9 Å². The summed E-state index contributed by atoms with van der Waals surface area (Å²) in [5.41, 5.74) is 3.04. The van der Waals surface area contributed by atoms with Crippen molar-refractivity contribution < 1.29 is 13.9 Å². The Morgan fingerprint density at radius 2 is 1.95 bits per heavy atom. The van der Waals surface area contributed by atoms with Crippen LogP contribution in [0.15, 0.2) is 36.4 Å². The van der Waals surface area contributed by atoms with Crippen molar-refractivity contribution in [1.29, 1.82) is 0 Å². The Kier molecular flexibility index (Phi) is 5.15. The molecule has 2 aromatic carbocycles. The molecule has 0 atom stereocenters. The molecule has 0 saturated carbocycles. The molecule has 2 rings (SSSR count). The second-order valence-corrected chi connectivity index (χ2v) is 5.29. The first kappa shape index (κ1) is 16.0. The molecule has 4 heteroatoms. The summed E-state index contributed by atoms with van der Waals surface area (Å²) in [6.07, 6.45) is 0.658. The van der Waals surface area contributed by atoms with Gasteiger partial charge in [-0.3, -0.25) is 4.79 Å². The average molecular weight is 301 g/mol. The second-order valence-electron chi connectivity index (χ2n) is 5.29. The fourth-order valence-electron chi connectivity index (χ4n) is 2.25. The van der Waals surface area contributed by atoms with E-state index in [2.05, 4.69) is 5.32 Å². The zero-order valence-corrected chi connectivity index (χ0v) is 13.1. The number of halogens is 1. The highest BCUT2D eigenvalue weighted by Crippen LogP contribution is 2.19. The molecule has 0 aliphatic carbocycles. The lowest BCUT2D eigenvalue weighted by molar-refractivity contribution is 0.0953. The van der Waals surface area contributed by atoms with Crippen molar-refractivity contribution in [1.82, 2.24) is 5.32 Å².